The highest BCUT2D eigenvalue weighted by Gasteiger charge is 2.27. The second kappa shape index (κ2) is 9.25. The van der Waals surface area contributed by atoms with E-state index in [2.05, 4.69) is 5.32 Å². The molecule has 2 rings (SSSR count). The van der Waals surface area contributed by atoms with E-state index >= 15 is 0 Å². The highest BCUT2D eigenvalue weighted by Crippen LogP contribution is 2.25. The van der Waals surface area contributed by atoms with Crippen molar-refractivity contribution >= 4 is 40.7 Å². The molecule has 2 amide bonds. The second-order valence-electron chi connectivity index (χ2n) is 5.82. The van der Waals surface area contributed by atoms with E-state index in [0.29, 0.717) is 48.3 Å². The first-order valence-electron chi connectivity index (χ1n) is 8.12. The Morgan fingerprint density at radius 1 is 1.29 bits per heavy atom. The van der Waals surface area contributed by atoms with Gasteiger partial charge in [0.25, 0.3) is 0 Å². The zero-order chi connectivity index (χ0) is 17.5. The van der Waals surface area contributed by atoms with E-state index in [1.807, 2.05) is 6.92 Å². The fourth-order valence-corrected chi connectivity index (χ4v) is 3.03. The van der Waals surface area contributed by atoms with Crippen molar-refractivity contribution < 1.29 is 14.3 Å². The summed E-state index contributed by atoms with van der Waals surface area (Å²) in [7, 11) is 0. The smallest absolute Gasteiger partial charge is 0.244 e. The van der Waals surface area contributed by atoms with Crippen LogP contribution in [-0.2, 0) is 14.3 Å². The highest BCUT2D eigenvalue weighted by atomic mass is 35.5. The number of carbonyl (C=O) groups is 2. The van der Waals surface area contributed by atoms with Crippen LogP contribution < -0.4 is 5.32 Å². The summed E-state index contributed by atoms with van der Waals surface area (Å²) < 4.78 is 5.30. The van der Waals surface area contributed by atoms with Gasteiger partial charge in [-0.1, -0.05) is 30.1 Å². The molecule has 1 aromatic rings. The predicted molar refractivity (Wildman–Crippen MR) is 95.5 cm³/mol. The molecule has 1 aliphatic rings. The van der Waals surface area contributed by atoms with E-state index in [4.69, 9.17) is 27.9 Å². The molecular weight excluding hydrogens is 351 g/mol. The van der Waals surface area contributed by atoms with Crippen LogP contribution in [0.5, 0.6) is 0 Å². The van der Waals surface area contributed by atoms with Crippen molar-refractivity contribution in [1.29, 1.82) is 0 Å². The van der Waals surface area contributed by atoms with E-state index in [1.54, 1.807) is 23.1 Å². The number of rotatable bonds is 6. The minimum absolute atomic E-state index is 0.00682. The number of hydrogen-bond acceptors (Lipinski definition) is 3. The van der Waals surface area contributed by atoms with Crippen molar-refractivity contribution in [2.45, 2.75) is 26.2 Å². The lowest BCUT2D eigenvalue weighted by molar-refractivity contribution is -0.141. The molecule has 0 saturated carbocycles. The van der Waals surface area contributed by atoms with Crippen molar-refractivity contribution in [2.75, 3.05) is 31.6 Å². The zero-order valence-electron chi connectivity index (χ0n) is 13.7. The van der Waals surface area contributed by atoms with Crippen LogP contribution in [0, 0.1) is 5.92 Å². The standard InChI is InChI=1S/C17H22Cl2N2O3/c1-2-7-21(17(23)12-5-8-24-9-6-12)11-16(22)20-15-10-13(18)3-4-14(15)19/h3-4,10,12H,2,5-9,11H2,1H3,(H,20,22). The van der Waals surface area contributed by atoms with Gasteiger partial charge in [-0.3, -0.25) is 9.59 Å². The maximum atomic E-state index is 12.6. The second-order valence-corrected chi connectivity index (χ2v) is 6.66. The summed E-state index contributed by atoms with van der Waals surface area (Å²) in [5.41, 5.74) is 0.448. The van der Waals surface area contributed by atoms with E-state index in [9.17, 15) is 9.59 Å². The summed E-state index contributed by atoms with van der Waals surface area (Å²) >= 11 is 12.0. The average molecular weight is 373 g/mol. The van der Waals surface area contributed by atoms with Crippen LogP contribution in [0.3, 0.4) is 0 Å². The van der Waals surface area contributed by atoms with Crippen molar-refractivity contribution in [3.63, 3.8) is 0 Å². The molecule has 0 atom stereocenters. The van der Waals surface area contributed by atoms with Crippen LogP contribution in [0.4, 0.5) is 5.69 Å². The van der Waals surface area contributed by atoms with Gasteiger partial charge in [-0.05, 0) is 37.5 Å². The number of halogens is 2. The summed E-state index contributed by atoms with van der Waals surface area (Å²) in [4.78, 5) is 26.6. The van der Waals surface area contributed by atoms with Gasteiger partial charge >= 0.3 is 0 Å². The third-order valence-electron chi connectivity index (χ3n) is 3.91. The number of benzene rings is 1. The van der Waals surface area contributed by atoms with Gasteiger partial charge in [-0.2, -0.15) is 0 Å². The number of ether oxygens (including phenoxy) is 1. The first-order valence-corrected chi connectivity index (χ1v) is 8.88. The molecule has 0 aliphatic carbocycles. The van der Waals surface area contributed by atoms with Gasteiger partial charge in [0.1, 0.15) is 0 Å². The van der Waals surface area contributed by atoms with Crippen molar-refractivity contribution in [2.24, 2.45) is 5.92 Å². The first-order chi connectivity index (χ1) is 11.5. The molecule has 132 valence electrons. The monoisotopic (exact) mass is 372 g/mol. The van der Waals surface area contributed by atoms with E-state index in [0.717, 1.165) is 6.42 Å². The molecule has 0 spiro atoms. The zero-order valence-corrected chi connectivity index (χ0v) is 15.2. The lowest BCUT2D eigenvalue weighted by atomic mass is 9.98. The number of nitrogens with zero attached hydrogens (tertiary/aromatic N) is 1. The molecule has 1 aromatic carbocycles. The van der Waals surface area contributed by atoms with E-state index in [1.165, 1.54) is 0 Å². The fourth-order valence-electron chi connectivity index (χ4n) is 2.70. The molecule has 1 fully saturated rings. The summed E-state index contributed by atoms with van der Waals surface area (Å²) in [6, 6.07) is 4.86. The van der Waals surface area contributed by atoms with Gasteiger partial charge in [-0.15, -0.1) is 0 Å². The van der Waals surface area contributed by atoms with Crippen LogP contribution >= 0.6 is 23.2 Å². The molecule has 0 bridgehead atoms. The van der Waals surface area contributed by atoms with E-state index in [-0.39, 0.29) is 24.3 Å². The van der Waals surface area contributed by atoms with Gasteiger partial charge < -0.3 is 15.0 Å². The Hall–Kier alpha value is -1.30. The SMILES string of the molecule is CCCN(CC(=O)Nc1cc(Cl)ccc1Cl)C(=O)C1CCOCC1. The fraction of sp³-hybridized carbons (Fsp3) is 0.529. The molecule has 24 heavy (non-hydrogen) atoms. The quantitative estimate of drug-likeness (QED) is 0.829. The number of anilines is 1. The van der Waals surface area contributed by atoms with Gasteiger partial charge in [0.15, 0.2) is 0 Å². The van der Waals surface area contributed by atoms with E-state index < -0.39 is 0 Å². The Morgan fingerprint density at radius 2 is 2.00 bits per heavy atom. The lowest BCUT2D eigenvalue weighted by Gasteiger charge is -2.28. The van der Waals surface area contributed by atoms with Crippen LogP contribution in [0.25, 0.3) is 0 Å². The van der Waals surface area contributed by atoms with Crippen molar-refractivity contribution in [1.82, 2.24) is 4.90 Å². The summed E-state index contributed by atoms with van der Waals surface area (Å²) in [5, 5.41) is 3.62. The lowest BCUT2D eigenvalue weighted by Crippen LogP contribution is -2.43. The first kappa shape index (κ1) is 19.0. The molecule has 1 N–H and O–H groups in total. The van der Waals surface area contributed by atoms with Crippen molar-refractivity contribution in [3.8, 4) is 0 Å². The number of nitrogens with one attached hydrogen (secondary N) is 1. The normalized spacial score (nSPS) is 15.1. The Balaban J connectivity index is 1.99. The predicted octanol–water partition coefficient (Wildman–Crippen LogP) is 3.60. The number of carbonyl (C=O) groups excluding carboxylic acids is 2. The van der Waals surface area contributed by atoms with Gasteiger partial charge in [0.05, 0.1) is 17.3 Å². The number of amides is 2. The van der Waals surface area contributed by atoms with Crippen LogP contribution in [0.15, 0.2) is 18.2 Å². The van der Waals surface area contributed by atoms with Crippen LogP contribution in [0.1, 0.15) is 26.2 Å². The molecule has 1 heterocycles. The maximum Gasteiger partial charge on any atom is 0.244 e. The molecule has 0 unspecified atom stereocenters. The third-order valence-corrected chi connectivity index (χ3v) is 4.48. The maximum absolute atomic E-state index is 12.6. The molecule has 1 aliphatic heterocycles. The summed E-state index contributed by atoms with van der Waals surface area (Å²) in [6.45, 7) is 3.73. The van der Waals surface area contributed by atoms with Gasteiger partial charge in [0, 0.05) is 30.7 Å². The molecule has 0 aromatic heterocycles. The average Bonchev–Trinajstić information content (AvgIpc) is 2.58. The largest absolute Gasteiger partial charge is 0.381 e. The molecular formula is C17H22Cl2N2O3. The molecule has 1 saturated heterocycles. The Morgan fingerprint density at radius 3 is 2.67 bits per heavy atom. The van der Waals surface area contributed by atoms with Gasteiger partial charge in [-0.25, -0.2) is 0 Å². The summed E-state index contributed by atoms with van der Waals surface area (Å²) in [6.07, 6.45) is 2.21. The molecule has 0 radical (unpaired) electrons. The highest BCUT2D eigenvalue weighted by molar-refractivity contribution is 6.35. The third kappa shape index (κ3) is 5.36. The Labute approximate surface area is 152 Å². The van der Waals surface area contributed by atoms with Crippen molar-refractivity contribution in [3.05, 3.63) is 28.2 Å². The van der Waals surface area contributed by atoms with Gasteiger partial charge in [0.2, 0.25) is 11.8 Å². The number of hydrogen-bond donors (Lipinski definition) is 1. The van der Waals surface area contributed by atoms with Crippen LogP contribution in [0.2, 0.25) is 10.0 Å². The summed E-state index contributed by atoms with van der Waals surface area (Å²) in [5.74, 6) is -0.326. The minimum Gasteiger partial charge on any atom is -0.381 e. The molecule has 7 heteroatoms. The topological polar surface area (TPSA) is 58.6 Å². The Bertz CT molecular complexity index is 589. The minimum atomic E-state index is -0.284. The Kier molecular flexibility index (Phi) is 7.34. The molecule has 5 nitrogen and oxygen atoms in total. The van der Waals surface area contributed by atoms with Crippen LogP contribution in [-0.4, -0.2) is 43.0 Å².